The summed E-state index contributed by atoms with van der Waals surface area (Å²) in [7, 11) is 0. The predicted molar refractivity (Wildman–Crippen MR) is 32.2 cm³/mol. The fourth-order valence-corrected chi connectivity index (χ4v) is 0.296. The van der Waals surface area contributed by atoms with Gasteiger partial charge in [0.15, 0.2) is 6.10 Å². The third-order valence-corrected chi connectivity index (χ3v) is 0.823. The van der Waals surface area contributed by atoms with Gasteiger partial charge in [-0.2, -0.15) is 0 Å². The van der Waals surface area contributed by atoms with E-state index in [1.54, 1.807) is 0 Å². The summed E-state index contributed by atoms with van der Waals surface area (Å²) in [5.41, 5.74) is 4.85. The van der Waals surface area contributed by atoms with Crippen molar-refractivity contribution >= 4 is 11.9 Å². The Bertz CT molecular complexity index is 145. The van der Waals surface area contributed by atoms with Crippen molar-refractivity contribution in [3.8, 4) is 0 Å². The van der Waals surface area contributed by atoms with Gasteiger partial charge < -0.3 is 15.6 Å². The topological polar surface area (TPSA) is 89.6 Å². The van der Waals surface area contributed by atoms with Gasteiger partial charge in [0.25, 0.3) is 0 Å². The van der Waals surface area contributed by atoms with Crippen LogP contribution in [-0.4, -0.2) is 29.7 Å². The van der Waals surface area contributed by atoms with Gasteiger partial charge >= 0.3 is 11.9 Å². The first-order chi connectivity index (χ1) is 4.57. The zero-order chi connectivity index (χ0) is 8.15. The summed E-state index contributed by atoms with van der Waals surface area (Å²) >= 11 is 0. The number of hydrogen-bond donors (Lipinski definition) is 2. The molecule has 0 saturated carbocycles. The molecule has 3 N–H and O–H groups in total. The van der Waals surface area contributed by atoms with E-state index in [0.29, 0.717) is 0 Å². The number of nitrogens with two attached hydrogens (primary N) is 1. The van der Waals surface area contributed by atoms with Gasteiger partial charge in [-0.3, -0.25) is 4.79 Å². The number of carbonyl (C=O) groups excluding carboxylic acids is 1. The molecule has 1 unspecified atom stereocenters. The van der Waals surface area contributed by atoms with Crippen LogP contribution in [-0.2, 0) is 14.3 Å². The lowest BCUT2D eigenvalue weighted by atomic mass is 10.4. The zero-order valence-corrected chi connectivity index (χ0v) is 5.53. The largest absolute Gasteiger partial charge is 0.479 e. The number of carboxylic acid groups (broad SMARTS) is 1. The normalized spacial score (nSPS) is 12.2. The first-order valence-corrected chi connectivity index (χ1v) is 2.70. The van der Waals surface area contributed by atoms with Crippen molar-refractivity contribution in [2.24, 2.45) is 5.73 Å². The van der Waals surface area contributed by atoms with Crippen LogP contribution in [0.15, 0.2) is 0 Å². The van der Waals surface area contributed by atoms with Crippen LogP contribution in [0.2, 0.25) is 0 Å². The predicted octanol–water partition coefficient (Wildman–Crippen LogP) is -1.04. The van der Waals surface area contributed by atoms with Crippen molar-refractivity contribution in [3.63, 3.8) is 0 Å². The first kappa shape index (κ1) is 8.90. The Balaban J connectivity index is 3.68. The van der Waals surface area contributed by atoms with Crippen molar-refractivity contribution < 1.29 is 19.4 Å². The molecule has 10 heavy (non-hydrogen) atoms. The Labute approximate surface area is 57.8 Å². The Kier molecular flexibility index (Phi) is 3.42. The first-order valence-electron chi connectivity index (χ1n) is 2.70. The second-order valence-electron chi connectivity index (χ2n) is 1.67. The number of carbonyl (C=O) groups is 2. The summed E-state index contributed by atoms with van der Waals surface area (Å²) < 4.78 is 4.30. The summed E-state index contributed by atoms with van der Waals surface area (Å²) in [6, 6.07) is 0. The highest BCUT2D eigenvalue weighted by Crippen LogP contribution is 1.89. The third-order valence-electron chi connectivity index (χ3n) is 0.823. The van der Waals surface area contributed by atoms with Gasteiger partial charge in [0.05, 0.1) is 6.54 Å². The van der Waals surface area contributed by atoms with Crippen molar-refractivity contribution in [1.82, 2.24) is 0 Å². The summed E-state index contributed by atoms with van der Waals surface area (Å²) in [4.78, 5) is 20.3. The van der Waals surface area contributed by atoms with Gasteiger partial charge in [-0.1, -0.05) is 0 Å². The molecule has 1 atom stereocenters. The molecule has 0 heterocycles. The summed E-state index contributed by atoms with van der Waals surface area (Å²) in [5, 5.41) is 8.21. The molecule has 0 radical (unpaired) electrons. The van der Waals surface area contributed by atoms with E-state index in [2.05, 4.69) is 4.74 Å². The van der Waals surface area contributed by atoms with Crippen LogP contribution in [0.3, 0.4) is 0 Å². The molecule has 58 valence electrons. The average molecular weight is 147 g/mol. The Morgan fingerprint density at radius 3 is 2.50 bits per heavy atom. The molecule has 0 bridgehead atoms. The maximum atomic E-state index is 10.3. The van der Waals surface area contributed by atoms with Crippen molar-refractivity contribution in [2.45, 2.75) is 13.0 Å². The Morgan fingerprint density at radius 2 is 2.20 bits per heavy atom. The molecule has 0 spiro atoms. The smallest absolute Gasteiger partial charge is 0.344 e. The molecule has 0 amide bonds. The van der Waals surface area contributed by atoms with E-state index in [9.17, 15) is 9.59 Å². The average Bonchev–Trinajstić information content (AvgIpc) is 1.87. The van der Waals surface area contributed by atoms with Crippen molar-refractivity contribution in [2.75, 3.05) is 6.54 Å². The van der Waals surface area contributed by atoms with E-state index >= 15 is 0 Å². The van der Waals surface area contributed by atoms with E-state index in [1.807, 2.05) is 0 Å². The molecule has 0 aliphatic rings. The molecule has 5 nitrogen and oxygen atoms in total. The molecule has 0 fully saturated rings. The fourth-order valence-electron chi connectivity index (χ4n) is 0.296. The number of hydrogen-bond acceptors (Lipinski definition) is 4. The quantitative estimate of drug-likeness (QED) is 0.498. The van der Waals surface area contributed by atoms with Gasteiger partial charge in [-0.25, -0.2) is 4.79 Å². The van der Waals surface area contributed by atoms with E-state index in [1.165, 1.54) is 6.92 Å². The van der Waals surface area contributed by atoms with Crippen LogP contribution in [0.5, 0.6) is 0 Å². The van der Waals surface area contributed by atoms with E-state index in [-0.39, 0.29) is 6.54 Å². The van der Waals surface area contributed by atoms with Crippen LogP contribution in [0.25, 0.3) is 0 Å². The van der Waals surface area contributed by atoms with Crippen LogP contribution < -0.4 is 5.73 Å². The molecule has 5 heteroatoms. The molecule has 0 aromatic rings. The van der Waals surface area contributed by atoms with Crippen LogP contribution >= 0.6 is 0 Å². The Hall–Kier alpha value is -1.10. The number of carboxylic acids is 1. The zero-order valence-electron chi connectivity index (χ0n) is 5.53. The van der Waals surface area contributed by atoms with Gasteiger partial charge in [-0.05, 0) is 6.92 Å². The minimum absolute atomic E-state index is 0.294. The number of esters is 1. The highest BCUT2D eigenvalue weighted by atomic mass is 16.6. The minimum atomic E-state index is -1.18. The van der Waals surface area contributed by atoms with Crippen LogP contribution in [0.1, 0.15) is 6.92 Å². The van der Waals surface area contributed by atoms with Gasteiger partial charge in [0.2, 0.25) is 0 Å². The van der Waals surface area contributed by atoms with Crippen molar-refractivity contribution in [3.05, 3.63) is 0 Å². The molecule has 0 aliphatic carbocycles. The van der Waals surface area contributed by atoms with Crippen LogP contribution in [0, 0.1) is 0 Å². The maximum absolute atomic E-state index is 10.3. The number of aliphatic carboxylic acids is 1. The van der Waals surface area contributed by atoms with E-state index < -0.39 is 18.0 Å². The highest BCUT2D eigenvalue weighted by Gasteiger charge is 2.14. The molecule has 0 rings (SSSR count). The molecule has 0 aliphatic heterocycles. The van der Waals surface area contributed by atoms with Gasteiger partial charge in [0.1, 0.15) is 0 Å². The van der Waals surface area contributed by atoms with E-state index in [0.717, 1.165) is 0 Å². The lowest BCUT2D eigenvalue weighted by molar-refractivity contribution is -0.161. The Morgan fingerprint density at radius 1 is 1.70 bits per heavy atom. The van der Waals surface area contributed by atoms with Gasteiger partial charge in [0, 0.05) is 0 Å². The SMILES string of the molecule is CC(OC(=O)CN)C(=O)O. The molecule has 0 saturated heterocycles. The third kappa shape index (κ3) is 3.03. The second kappa shape index (κ2) is 3.84. The fraction of sp³-hybridized carbons (Fsp3) is 0.600. The highest BCUT2D eigenvalue weighted by molar-refractivity contribution is 5.78. The molecule has 0 aromatic carbocycles. The standard InChI is InChI=1S/C5H9NO4/c1-3(5(8)9)10-4(7)2-6/h3H,2,6H2,1H3,(H,8,9). The minimum Gasteiger partial charge on any atom is -0.479 e. The molecular formula is C5H9NO4. The van der Waals surface area contributed by atoms with Crippen LogP contribution in [0.4, 0.5) is 0 Å². The summed E-state index contributed by atoms with van der Waals surface area (Å²) in [6.45, 7) is 0.966. The van der Waals surface area contributed by atoms with E-state index in [4.69, 9.17) is 10.8 Å². The monoisotopic (exact) mass is 147 g/mol. The molecular weight excluding hydrogens is 138 g/mol. The number of rotatable bonds is 3. The molecule has 0 aromatic heterocycles. The lowest BCUT2D eigenvalue weighted by Gasteiger charge is -2.05. The second-order valence-corrected chi connectivity index (χ2v) is 1.67. The van der Waals surface area contributed by atoms with Crippen molar-refractivity contribution in [1.29, 1.82) is 0 Å². The van der Waals surface area contributed by atoms with Gasteiger partial charge in [-0.15, -0.1) is 0 Å². The number of ether oxygens (including phenoxy) is 1. The summed E-state index contributed by atoms with van der Waals surface area (Å²) in [5.74, 6) is -1.89. The summed E-state index contributed by atoms with van der Waals surface area (Å²) in [6.07, 6.45) is -1.11. The maximum Gasteiger partial charge on any atom is 0.344 e. The lowest BCUT2D eigenvalue weighted by Crippen LogP contribution is -2.27.